The Balaban J connectivity index is 3.14. The maximum Gasteiger partial charge on any atom is 0.0687 e. The number of hydrogen-bond acceptors (Lipinski definition) is 1. The lowest BCUT2D eigenvalue weighted by atomic mass is 9.96. The van der Waals surface area contributed by atoms with E-state index in [0.29, 0.717) is 0 Å². The molecular formula is C15H20O. The third kappa shape index (κ3) is 3.07. The van der Waals surface area contributed by atoms with Gasteiger partial charge >= 0.3 is 0 Å². The number of rotatable bonds is 5. The van der Waals surface area contributed by atoms with Crippen molar-refractivity contribution in [2.24, 2.45) is 0 Å². The quantitative estimate of drug-likeness (QED) is 0.747. The Morgan fingerprint density at radius 2 is 2.19 bits per heavy atom. The molecule has 0 heterocycles. The Morgan fingerprint density at radius 1 is 1.44 bits per heavy atom. The maximum atomic E-state index is 9.34. The van der Waals surface area contributed by atoms with Gasteiger partial charge in [0.2, 0.25) is 0 Å². The molecule has 0 saturated heterocycles. The molecule has 0 fully saturated rings. The zero-order valence-electron chi connectivity index (χ0n) is 10.2. The molecular weight excluding hydrogens is 196 g/mol. The molecule has 0 aliphatic heterocycles. The van der Waals surface area contributed by atoms with Gasteiger partial charge in [-0.3, -0.25) is 0 Å². The van der Waals surface area contributed by atoms with Crippen LogP contribution in [-0.2, 0) is 6.42 Å². The van der Waals surface area contributed by atoms with Crippen LogP contribution in [0.2, 0.25) is 0 Å². The van der Waals surface area contributed by atoms with Gasteiger partial charge in [0.05, 0.1) is 6.61 Å². The molecule has 1 rings (SSSR count). The SMILES string of the molecule is C=C/C=C(/CO)c1cc(CCC)ccc1C. The van der Waals surface area contributed by atoms with Gasteiger partial charge in [-0.05, 0) is 35.6 Å². The number of aliphatic hydroxyl groups is 1. The lowest BCUT2D eigenvalue weighted by Gasteiger charge is -2.10. The molecule has 86 valence electrons. The normalized spacial score (nSPS) is 11.6. The summed E-state index contributed by atoms with van der Waals surface area (Å²) in [5, 5.41) is 9.34. The van der Waals surface area contributed by atoms with E-state index < -0.39 is 0 Å². The summed E-state index contributed by atoms with van der Waals surface area (Å²) in [6.07, 6.45) is 5.82. The zero-order chi connectivity index (χ0) is 12.0. The van der Waals surface area contributed by atoms with Crippen LogP contribution >= 0.6 is 0 Å². The molecule has 0 spiro atoms. The Kier molecular flexibility index (Phi) is 5.00. The minimum absolute atomic E-state index is 0.0580. The molecule has 1 N–H and O–H groups in total. The van der Waals surface area contributed by atoms with E-state index in [1.165, 1.54) is 11.1 Å². The fourth-order valence-corrected chi connectivity index (χ4v) is 1.83. The second-order valence-corrected chi connectivity index (χ2v) is 3.98. The van der Waals surface area contributed by atoms with Crippen molar-refractivity contribution in [3.05, 3.63) is 53.6 Å². The number of allylic oxidation sites excluding steroid dienone is 2. The zero-order valence-corrected chi connectivity index (χ0v) is 10.2. The number of aryl methyl sites for hydroxylation is 2. The van der Waals surface area contributed by atoms with Crippen LogP contribution in [0.25, 0.3) is 5.57 Å². The Bertz CT molecular complexity index is 388. The van der Waals surface area contributed by atoms with Crippen LogP contribution in [-0.4, -0.2) is 11.7 Å². The van der Waals surface area contributed by atoms with E-state index in [0.717, 1.165) is 24.0 Å². The summed E-state index contributed by atoms with van der Waals surface area (Å²) in [7, 11) is 0. The molecule has 1 aromatic carbocycles. The highest BCUT2D eigenvalue weighted by Gasteiger charge is 2.04. The van der Waals surface area contributed by atoms with E-state index in [1.54, 1.807) is 6.08 Å². The van der Waals surface area contributed by atoms with Gasteiger partial charge in [-0.2, -0.15) is 0 Å². The highest BCUT2D eigenvalue weighted by Crippen LogP contribution is 2.21. The van der Waals surface area contributed by atoms with Gasteiger partial charge in [0.1, 0.15) is 0 Å². The molecule has 1 nitrogen and oxygen atoms in total. The van der Waals surface area contributed by atoms with Gasteiger partial charge in [-0.15, -0.1) is 0 Å². The molecule has 0 unspecified atom stereocenters. The third-order valence-electron chi connectivity index (χ3n) is 2.68. The predicted octanol–water partition coefficient (Wildman–Crippen LogP) is 3.51. The van der Waals surface area contributed by atoms with Gasteiger partial charge in [-0.1, -0.05) is 50.3 Å². The molecule has 0 saturated carbocycles. The monoisotopic (exact) mass is 216 g/mol. The van der Waals surface area contributed by atoms with E-state index in [9.17, 15) is 5.11 Å². The summed E-state index contributed by atoms with van der Waals surface area (Å²) in [6.45, 7) is 7.97. The van der Waals surface area contributed by atoms with Crippen LogP contribution in [0.4, 0.5) is 0 Å². The van der Waals surface area contributed by atoms with E-state index in [4.69, 9.17) is 0 Å². The third-order valence-corrected chi connectivity index (χ3v) is 2.68. The van der Waals surface area contributed by atoms with Gasteiger partial charge in [0.25, 0.3) is 0 Å². The Morgan fingerprint density at radius 3 is 2.75 bits per heavy atom. The highest BCUT2D eigenvalue weighted by molar-refractivity contribution is 5.70. The molecule has 0 aromatic heterocycles. The first-order valence-electron chi connectivity index (χ1n) is 5.75. The van der Waals surface area contributed by atoms with Crippen molar-refractivity contribution in [1.82, 2.24) is 0 Å². The van der Waals surface area contributed by atoms with Crippen LogP contribution in [0.5, 0.6) is 0 Å². The van der Waals surface area contributed by atoms with Crippen molar-refractivity contribution in [2.75, 3.05) is 6.61 Å². The molecule has 0 radical (unpaired) electrons. The molecule has 16 heavy (non-hydrogen) atoms. The van der Waals surface area contributed by atoms with Crippen LogP contribution in [0.3, 0.4) is 0 Å². The standard InChI is InChI=1S/C15H20O/c1-4-6-13-9-8-12(3)15(10-13)14(11-16)7-5-2/h5,7-10,16H,2,4,6,11H2,1,3H3/b14-7-. The molecule has 0 atom stereocenters. The van der Waals surface area contributed by atoms with Gasteiger partial charge in [0, 0.05) is 0 Å². The van der Waals surface area contributed by atoms with Crippen LogP contribution < -0.4 is 0 Å². The lowest BCUT2D eigenvalue weighted by molar-refractivity contribution is 0.350. The molecule has 0 amide bonds. The highest BCUT2D eigenvalue weighted by atomic mass is 16.3. The first-order chi connectivity index (χ1) is 7.72. The van der Waals surface area contributed by atoms with Crippen molar-refractivity contribution >= 4 is 5.57 Å². The second kappa shape index (κ2) is 6.29. The van der Waals surface area contributed by atoms with Gasteiger partial charge in [-0.25, -0.2) is 0 Å². The smallest absolute Gasteiger partial charge is 0.0687 e. The molecule has 1 aromatic rings. The van der Waals surface area contributed by atoms with Gasteiger partial charge in [0.15, 0.2) is 0 Å². The summed E-state index contributed by atoms with van der Waals surface area (Å²) >= 11 is 0. The van der Waals surface area contributed by atoms with E-state index in [2.05, 4.69) is 38.6 Å². The minimum atomic E-state index is 0.0580. The van der Waals surface area contributed by atoms with E-state index >= 15 is 0 Å². The maximum absolute atomic E-state index is 9.34. The number of hydrogen-bond donors (Lipinski definition) is 1. The van der Waals surface area contributed by atoms with Crippen molar-refractivity contribution in [3.8, 4) is 0 Å². The fraction of sp³-hybridized carbons (Fsp3) is 0.333. The second-order valence-electron chi connectivity index (χ2n) is 3.98. The lowest BCUT2D eigenvalue weighted by Crippen LogP contribution is -1.96. The van der Waals surface area contributed by atoms with E-state index in [1.807, 2.05) is 6.08 Å². The average molecular weight is 216 g/mol. The summed E-state index contributed by atoms with van der Waals surface area (Å²) < 4.78 is 0. The molecule has 1 heteroatoms. The van der Waals surface area contributed by atoms with Crippen LogP contribution in [0, 0.1) is 6.92 Å². The Labute approximate surface area is 98.1 Å². The van der Waals surface area contributed by atoms with Crippen molar-refractivity contribution in [3.63, 3.8) is 0 Å². The average Bonchev–Trinajstić information content (AvgIpc) is 2.29. The summed E-state index contributed by atoms with van der Waals surface area (Å²) in [4.78, 5) is 0. The number of benzene rings is 1. The molecule has 0 aliphatic carbocycles. The first-order valence-corrected chi connectivity index (χ1v) is 5.75. The largest absolute Gasteiger partial charge is 0.392 e. The molecule has 0 aliphatic rings. The van der Waals surface area contributed by atoms with Crippen molar-refractivity contribution in [1.29, 1.82) is 0 Å². The van der Waals surface area contributed by atoms with Crippen molar-refractivity contribution in [2.45, 2.75) is 26.7 Å². The van der Waals surface area contributed by atoms with E-state index in [-0.39, 0.29) is 6.61 Å². The fourth-order valence-electron chi connectivity index (χ4n) is 1.83. The topological polar surface area (TPSA) is 20.2 Å². The Hall–Kier alpha value is -1.34. The summed E-state index contributed by atoms with van der Waals surface area (Å²) in [5.41, 5.74) is 4.59. The summed E-state index contributed by atoms with van der Waals surface area (Å²) in [6, 6.07) is 6.45. The summed E-state index contributed by atoms with van der Waals surface area (Å²) in [5.74, 6) is 0. The molecule has 0 bridgehead atoms. The minimum Gasteiger partial charge on any atom is -0.392 e. The van der Waals surface area contributed by atoms with Crippen LogP contribution in [0.15, 0.2) is 36.9 Å². The van der Waals surface area contributed by atoms with Crippen molar-refractivity contribution < 1.29 is 5.11 Å². The predicted molar refractivity (Wildman–Crippen MR) is 70.4 cm³/mol. The number of aliphatic hydroxyl groups excluding tert-OH is 1. The first kappa shape index (κ1) is 12.7. The van der Waals surface area contributed by atoms with Crippen LogP contribution in [0.1, 0.15) is 30.0 Å². The van der Waals surface area contributed by atoms with Gasteiger partial charge < -0.3 is 5.11 Å².